The molecule has 0 bridgehead atoms. The maximum atomic E-state index is 11.6. The van der Waals surface area contributed by atoms with Gasteiger partial charge in [-0.15, -0.1) is 0 Å². The van der Waals surface area contributed by atoms with Crippen LogP contribution in [0.4, 0.5) is 0 Å². The Morgan fingerprint density at radius 3 is 2.95 bits per heavy atom. The molecule has 0 amide bonds. The van der Waals surface area contributed by atoms with Gasteiger partial charge in [0, 0.05) is 31.9 Å². The van der Waals surface area contributed by atoms with Gasteiger partial charge in [-0.05, 0) is 0 Å². The molecule has 0 radical (unpaired) electrons. The number of carbonyl (C=O) groups excluding carboxylic acids is 1. The Morgan fingerprint density at radius 2 is 2.32 bits per heavy atom. The highest BCUT2D eigenvalue weighted by molar-refractivity contribution is 5.65. The smallest absolute Gasteiger partial charge is 0.302 e. The monoisotopic (exact) mass is 267 g/mol. The van der Waals surface area contributed by atoms with Gasteiger partial charge in [0.25, 0.3) is 0 Å². The van der Waals surface area contributed by atoms with Crippen LogP contribution >= 0.6 is 0 Å². The minimum atomic E-state index is -0.436. The van der Waals surface area contributed by atoms with Crippen molar-refractivity contribution >= 4 is 5.97 Å². The van der Waals surface area contributed by atoms with Gasteiger partial charge >= 0.3 is 5.97 Å². The predicted octanol–water partition coefficient (Wildman–Crippen LogP) is 1.38. The van der Waals surface area contributed by atoms with Crippen LogP contribution in [0.15, 0.2) is 12.3 Å². The molecular formula is C13H17NO5. The van der Waals surface area contributed by atoms with Crippen molar-refractivity contribution in [2.45, 2.75) is 39.6 Å². The van der Waals surface area contributed by atoms with Gasteiger partial charge in [0.05, 0.1) is 0 Å². The fraction of sp³-hybridized carbons (Fsp3) is 0.538. The summed E-state index contributed by atoms with van der Waals surface area (Å²) in [7, 11) is 0. The number of aromatic nitrogens is 1. The van der Waals surface area contributed by atoms with Crippen molar-refractivity contribution in [1.82, 2.24) is 0 Å². The van der Waals surface area contributed by atoms with E-state index in [0.29, 0.717) is 17.9 Å². The highest BCUT2D eigenvalue weighted by Crippen LogP contribution is 2.36. The molecule has 0 N–H and O–H groups in total. The minimum absolute atomic E-state index is 0.116. The van der Waals surface area contributed by atoms with Crippen LogP contribution in [0.1, 0.15) is 37.6 Å². The lowest BCUT2D eigenvalue weighted by Gasteiger charge is -2.31. The average Bonchev–Trinajstić information content (AvgIpc) is 2.40. The van der Waals surface area contributed by atoms with Gasteiger partial charge in [-0.25, -0.2) is 0 Å². The van der Waals surface area contributed by atoms with Gasteiger partial charge in [-0.2, -0.15) is 4.73 Å². The lowest BCUT2D eigenvalue weighted by Crippen LogP contribution is -2.36. The fourth-order valence-corrected chi connectivity index (χ4v) is 1.97. The predicted molar refractivity (Wildman–Crippen MR) is 65.3 cm³/mol. The molecule has 0 spiro atoms. The van der Waals surface area contributed by atoms with Crippen LogP contribution in [0.2, 0.25) is 0 Å². The number of carbonyl (C=O) groups is 1. The molecule has 104 valence electrons. The third kappa shape index (κ3) is 2.78. The molecule has 1 aliphatic heterocycles. The molecule has 0 fully saturated rings. The number of hydrogen-bond donors (Lipinski definition) is 0. The molecule has 0 saturated heterocycles. The second-order valence-electron chi connectivity index (χ2n) is 4.39. The molecule has 1 aliphatic rings. The summed E-state index contributed by atoms with van der Waals surface area (Å²) in [4.78, 5) is 10.9. The third-order valence-corrected chi connectivity index (χ3v) is 2.99. The molecule has 2 atom stereocenters. The van der Waals surface area contributed by atoms with Crippen LogP contribution in [0.5, 0.6) is 5.75 Å². The Kier molecular flexibility index (Phi) is 3.90. The molecule has 6 heteroatoms. The Bertz CT molecular complexity index is 488. The zero-order chi connectivity index (χ0) is 14.0. The Labute approximate surface area is 111 Å². The number of pyridine rings is 1. The first-order chi connectivity index (χ1) is 9.02. The van der Waals surface area contributed by atoms with Gasteiger partial charge in [-0.1, -0.05) is 6.92 Å². The summed E-state index contributed by atoms with van der Waals surface area (Å²) in [5, 5.41) is 11.6. The van der Waals surface area contributed by atoms with Gasteiger partial charge in [0.1, 0.15) is 12.7 Å². The molecule has 0 saturated carbocycles. The lowest BCUT2D eigenvalue weighted by molar-refractivity contribution is -0.613. The molecule has 1 aromatic heterocycles. The van der Waals surface area contributed by atoms with E-state index in [4.69, 9.17) is 14.2 Å². The van der Waals surface area contributed by atoms with Crippen molar-refractivity contribution in [3.63, 3.8) is 0 Å². The van der Waals surface area contributed by atoms with Gasteiger partial charge in [0.15, 0.2) is 11.9 Å². The summed E-state index contributed by atoms with van der Waals surface area (Å²) >= 11 is 0. The molecule has 0 aromatic carbocycles. The van der Waals surface area contributed by atoms with Crippen LogP contribution < -0.4 is 9.47 Å². The largest absolute Gasteiger partial charge is 0.618 e. The summed E-state index contributed by atoms with van der Waals surface area (Å²) in [6.45, 7) is 5.07. The maximum absolute atomic E-state index is 11.6. The van der Waals surface area contributed by atoms with Gasteiger partial charge in [-0.3, -0.25) is 4.79 Å². The van der Waals surface area contributed by atoms with Gasteiger partial charge in [0.2, 0.25) is 12.0 Å². The summed E-state index contributed by atoms with van der Waals surface area (Å²) in [6.07, 6.45) is 1.20. The zero-order valence-electron chi connectivity index (χ0n) is 11.2. The highest BCUT2D eigenvalue weighted by Gasteiger charge is 2.32. The number of ether oxygens (including phenoxy) is 3. The third-order valence-electron chi connectivity index (χ3n) is 2.99. The topological polar surface area (TPSA) is 71.7 Å². The van der Waals surface area contributed by atoms with E-state index >= 15 is 0 Å². The first-order valence-corrected chi connectivity index (χ1v) is 6.21. The molecule has 2 unspecified atom stereocenters. The molecule has 6 nitrogen and oxygen atoms in total. The molecule has 2 heterocycles. The van der Waals surface area contributed by atoms with E-state index in [9.17, 15) is 10.0 Å². The van der Waals surface area contributed by atoms with Crippen LogP contribution in [-0.2, 0) is 14.3 Å². The van der Waals surface area contributed by atoms with Gasteiger partial charge < -0.3 is 19.4 Å². The average molecular weight is 267 g/mol. The zero-order valence-corrected chi connectivity index (χ0v) is 11.2. The summed E-state index contributed by atoms with van der Waals surface area (Å²) < 4.78 is 17.1. The van der Waals surface area contributed by atoms with E-state index in [1.54, 1.807) is 13.0 Å². The van der Waals surface area contributed by atoms with Crippen molar-refractivity contribution < 1.29 is 23.7 Å². The number of nitrogens with zero attached hydrogens (tertiary/aromatic N) is 1. The second-order valence-corrected chi connectivity index (χ2v) is 4.39. The summed E-state index contributed by atoms with van der Waals surface area (Å²) in [5.74, 6) is 0.156. The summed E-state index contributed by atoms with van der Waals surface area (Å²) in [5.41, 5.74) is 1.21. The van der Waals surface area contributed by atoms with Crippen molar-refractivity contribution in [3.8, 4) is 5.75 Å². The van der Waals surface area contributed by atoms with E-state index < -0.39 is 12.4 Å². The molecule has 1 aromatic rings. The minimum Gasteiger partial charge on any atom is -0.618 e. The van der Waals surface area contributed by atoms with E-state index in [2.05, 4.69) is 0 Å². The Balaban J connectivity index is 2.31. The Morgan fingerprint density at radius 1 is 1.58 bits per heavy atom. The van der Waals surface area contributed by atoms with E-state index in [0.717, 1.165) is 10.3 Å². The standard InChI is InChI=1S/C13H17NO5/c1-4-12-18-11(7-17-9(3)15)10-5-6-14(16)8(2)13(10)19-12/h5-6,11-12H,4,7H2,1-3H3. The van der Waals surface area contributed by atoms with E-state index in [-0.39, 0.29) is 12.6 Å². The van der Waals surface area contributed by atoms with E-state index in [1.807, 2.05) is 6.92 Å². The second kappa shape index (κ2) is 5.44. The quantitative estimate of drug-likeness (QED) is 0.470. The van der Waals surface area contributed by atoms with Crippen molar-refractivity contribution in [2.75, 3.05) is 6.61 Å². The number of esters is 1. The maximum Gasteiger partial charge on any atom is 0.302 e. The van der Waals surface area contributed by atoms with Crippen LogP contribution in [-0.4, -0.2) is 18.9 Å². The molecular weight excluding hydrogens is 250 g/mol. The van der Waals surface area contributed by atoms with Crippen LogP contribution in [0, 0.1) is 12.1 Å². The van der Waals surface area contributed by atoms with Crippen LogP contribution in [0.25, 0.3) is 0 Å². The molecule has 2 rings (SSSR count). The number of hydrogen-bond acceptors (Lipinski definition) is 5. The fourth-order valence-electron chi connectivity index (χ4n) is 1.97. The first-order valence-electron chi connectivity index (χ1n) is 6.21. The first kappa shape index (κ1) is 13.6. The molecule has 19 heavy (non-hydrogen) atoms. The van der Waals surface area contributed by atoms with Crippen molar-refractivity contribution in [1.29, 1.82) is 0 Å². The van der Waals surface area contributed by atoms with E-state index in [1.165, 1.54) is 13.1 Å². The Hall–Kier alpha value is -1.82. The highest BCUT2D eigenvalue weighted by atomic mass is 16.7. The van der Waals surface area contributed by atoms with Crippen molar-refractivity contribution in [2.24, 2.45) is 0 Å². The number of rotatable bonds is 3. The van der Waals surface area contributed by atoms with Crippen LogP contribution in [0.3, 0.4) is 0 Å². The SMILES string of the molecule is CCC1Oc2c(cc[n+]([O-])c2C)C(COC(C)=O)O1. The van der Waals surface area contributed by atoms with Crippen molar-refractivity contribution in [3.05, 3.63) is 28.7 Å². The lowest BCUT2D eigenvalue weighted by atomic mass is 10.1. The normalized spacial score (nSPS) is 21.4. The summed E-state index contributed by atoms with van der Waals surface area (Å²) in [6, 6.07) is 1.63. The number of fused-ring (bicyclic) bond motifs is 1. The molecule has 0 aliphatic carbocycles.